The largest absolute Gasteiger partial charge is 0.494 e. The molecule has 0 unspecified atom stereocenters. The zero-order valence-corrected chi connectivity index (χ0v) is 25.7. The summed E-state index contributed by atoms with van der Waals surface area (Å²) in [6.07, 6.45) is 13.6. The number of aliphatic hydroxyl groups is 2. The molecule has 2 heterocycles. The van der Waals surface area contributed by atoms with Crippen molar-refractivity contribution >= 4 is 0 Å². The van der Waals surface area contributed by atoms with Crippen LogP contribution in [0.4, 0.5) is 0 Å². The average Bonchev–Trinajstić information content (AvgIpc) is 3.71. The predicted molar refractivity (Wildman–Crippen MR) is 167 cm³/mol. The lowest BCUT2D eigenvalue weighted by atomic mass is 10.0. The maximum absolute atomic E-state index is 10.7. The zero-order valence-electron chi connectivity index (χ0n) is 25.7. The van der Waals surface area contributed by atoms with Crippen molar-refractivity contribution in [1.29, 1.82) is 0 Å². The lowest BCUT2D eigenvalue weighted by Gasteiger charge is -2.24. The van der Waals surface area contributed by atoms with Gasteiger partial charge in [-0.25, -0.2) is 0 Å². The summed E-state index contributed by atoms with van der Waals surface area (Å²) >= 11 is 0. The molecular formula is C36H54O6. The van der Waals surface area contributed by atoms with Gasteiger partial charge in [-0.1, -0.05) is 56.5 Å². The average molecular weight is 583 g/mol. The first-order valence-corrected chi connectivity index (χ1v) is 16.7. The fraction of sp³-hybridized carbons (Fsp3) is 0.667. The maximum Gasteiger partial charge on any atom is 0.119 e. The van der Waals surface area contributed by atoms with E-state index in [0.717, 1.165) is 95.0 Å². The van der Waals surface area contributed by atoms with Crippen LogP contribution in [0.5, 0.6) is 11.5 Å². The quantitative estimate of drug-likeness (QED) is 0.158. The molecule has 4 rings (SSSR count). The van der Waals surface area contributed by atoms with Crippen LogP contribution in [0.15, 0.2) is 54.6 Å². The molecule has 2 saturated heterocycles. The van der Waals surface area contributed by atoms with Crippen molar-refractivity contribution in [3.8, 4) is 11.5 Å². The smallest absolute Gasteiger partial charge is 0.119 e. The number of aliphatic hydroxyl groups excluding tert-OH is 2. The van der Waals surface area contributed by atoms with E-state index < -0.39 is 12.2 Å². The minimum atomic E-state index is -0.430. The van der Waals surface area contributed by atoms with Crippen LogP contribution in [-0.2, 0) is 15.9 Å². The van der Waals surface area contributed by atoms with Crippen LogP contribution in [0, 0.1) is 0 Å². The molecule has 42 heavy (non-hydrogen) atoms. The molecule has 0 aliphatic carbocycles. The first kappa shape index (κ1) is 32.8. The van der Waals surface area contributed by atoms with Gasteiger partial charge in [-0.05, 0) is 107 Å². The van der Waals surface area contributed by atoms with Crippen molar-refractivity contribution < 1.29 is 29.2 Å². The summed E-state index contributed by atoms with van der Waals surface area (Å²) in [5, 5.41) is 21.5. The van der Waals surface area contributed by atoms with Gasteiger partial charge in [-0.3, -0.25) is 0 Å². The van der Waals surface area contributed by atoms with Crippen LogP contribution < -0.4 is 9.47 Å². The molecule has 0 amide bonds. The number of ether oxygens (including phenoxy) is 4. The topological polar surface area (TPSA) is 77.4 Å². The number of para-hydroxylation sites is 1. The second kappa shape index (κ2) is 18.5. The Bertz CT molecular complexity index is 967. The minimum absolute atomic E-state index is 0.0266. The van der Waals surface area contributed by atoms with Gasteiger partial charge in [-0.2, -0.15) is 0 Å². The van der Waals surface area contributed by atoms with E-state index in [1.165, 1.54) is 18.4 Å². The van der Waals surface area contributed by atoms with E-state index in [1.54, 1.807) is 0 Å². The Labute approximate surface area is 253 Å². The Hall–Kier alpha value is -2.12. The highest BCUT2D eigenvalue weighted by molar-refractivity contribution is 5.27. The van der Waals surface area contributed by atoms with Gasteiger partial charge in [0.05, 0.1) is 49.8 Å². The van der Waals surface area contributed by atoms with E-state index in [-0.39, 0.29) is 24.4 Å². The molecule has 0 bridgehead atoms. The Morgan fingerprint density at radius 2 is 1.17 bits per heavy atom. The summed E-state index contributed by atoms with van der Waals surface area (Å²) in [5.41, 5.74) is 1.37. The molecule has 6 nitrogen and oxygen atoms in total. The maximum atomic E-state index is 10.7. The van der Waals surface area contributed by atoms with Crippen LogP contribution in [0.2, 0.25) is 0 Å². The summed E-state index contributed by atoms with van der Waals surface area (Å²) in [5.74, 6) is 1.85. The molecule has 6 atom stereocenters. The van der Waals surface area contributed by atoms with Crippen LogP contribution in [0.1, 0.15) is 102 Å². The number of rotatable bonds is 20. The minimum Gasteiger partial charge on any atom is -0.494 e. The third kappa shape index (κ3) is 11.2. The van der Waals surface area contributed by atoms with Crippen molar-refractivity contribution in [2.24, 2.45) is 0 Å². The van der Waals surface area contributed by atoms with E-state index in [1.807, 2.05) is 30.3 Å². The van der Waals surface area contributed by atoms with E-state index in [0.29, 0.717) is 13.2 Å². The second-order valence-corrected chi connectivity index (χ2v) is 12.2. The number of benzene rings is 2. The summed E-state index contributed by atoms with van der Waals surface area (Å²) < 4.78 is 24.2. The molecule has 2 aromatic carbocycles. The molecule has 6 heteroatoms. The molecule has 2 aliphatic rings. The van der Waals surface area contributed by atoms with E-state index >= 15 is 0 Å². The normalized spacial score (nSPS) is 23.6. The number of aryl methyl sites for hydroxylation is 1. The molecule has 0 spiro atoms. The Balaban J connectivity index is 1.01. The Morgan fingerprint density at radius 1 is 0.643 bits per heavy atom. The molecule has 0 aromatic heterocycles. The highest BCUT2D eigenvalue weighted by Crippen LogP contribution is 2.34. The highest BCUT2D eigenvalue weighted by atomic mass is 16.6. The molecule has 0 radical (unpaired) electrons. The molecule has 0 saturated carbocycles. The third-order valence-corrected chi connectivity index (χ3v) is 8.76. The molecule has 2 aliphatic heterocycles. The summed E-state index contributed by atoms with van der Waals surface area (Å²) in [6, 6.07) is 18.4. The van der Waals surface area contributed by atoms with E-state index in [4.69, 9.17) is 18.9 Å². The van der Waals surface area contributed by atoms with Gasteiger partial charge >= 0.3 is 0 Å². The Kier molecular flexibility index (Phi) is 14.5. The Morgan fingerprint density at radius 3 is 1.69 bits per heavy atom. The van der Waals surface area contributed by atoms with Crippen LogP contribution in [-0.4, -0.2) is 60.1 Å². The lowest BCUT2D eigenvalue weighted by Crippen LogP contribution is -2.33. The second-order valence-electron chi connectivity index (χ2n) is 12.2. The first-order chi connectivity index (χ1) is 20.6. The van der Waals surface area contributed by atoms with Gasteiger partial charge in [-0.15, -0.1) is 0 Å². The van der Waals surface area contributed by atoms with Gasteiger partial charge in [0, 0.05) is 0 Å². The number of hydrogen-bond acceptors (Lipinski definition) is 6. The van der Waals surface area contributed by atoms with Gasteiger partial charge in [0.15, 0.2) is 0 Å². The van der Waals surface area contributed by atoms with Gasteiger partial charge < -0.3 is 29.2 Å². The summed E-state index contributed by atoms with van der Waals surface area (Å²) in [4.78, 5) is 0. The molecule has 2 N–H and O–H groups in total. The zero-order chi connectivity index (χ0) is 29.4. The predicted octanol–water partition coefficient (Wildman–Crippen LogP) is 7.42. The summed E-state index contributed by atoms with van der Waals surface area (Å²) in [7, 11) is 0. The van der Waals surface area contributed by atoms with Crippen LogP contribution in [0.3, 0.4) is 0 Å². The van der Waals surface area contributed by atoms with E-state index in [9.17, 15) is 10.2 Å². The van der Waals surface area contributed by atoms with Crippen molar-refractivity contribution in [2.45, 2.75) is 140 Å². The van der Waals surface area contributed by atoms with Gasteiger partial charge in [0.1, 0.15) is 11.5 Å². The SMILES string of the molecule is CCCCc1ccc(OCCCCC[C@@H](O)[C@H]2CC[C@H]([C@H]3CC[C@H]([C@H](O)CCCCCOc4ccccc4)O3)O2)cc1. The van der Waals surface area contributed by atoms with Crippen LogP contribution in [0.25, 0.3) is 0 Å². The first-order valence-electron chi connectivity index (χ1n) is 16.7. The monoisotopic (exact) mass is 582 g/mol. The molecular weight excluding hydrogens is 528 g/mol. The van der Waals surface area contributed by atoms with Crippen molar-refractivity contribution in [3.05, 3.63) is 60.2 Å². The number of unbranched alkanes of at least 4 members (excludes halogenated alkanes) is 5. The molecule has 2 aromatic rings. The van der Waals surface area contributed by atoms with Crippen molar-refractivity contribution in [1.82, 2.24) is 0 Å². The van der Waals surface area contributed by atoms with Gasteiger partial charge in [0.2, 0.25) is 0 Å². The number of hydrogen-bond donors (Lipinski definition) is 2. The van der Waals surface area contributed by atoms with Crippen LogP contribution >= 0.6 is 0 Å². The van der Waals surface area contributed by atoms with Crippen molar-refractivity contribution in [3.63, 3.8) is 0 Å². The molecule has 2 fully saturated rings. The highest BCUT2D eigenvalue weighted by Gasteiger charge is 2.40. The van der Waals surface area contributed by atoms with E-state index in [2.05, 4.69) is 31.2 Å². The van der Waals surface area contributed by atoms with Crippen molar-refractivity contribution in [2.75, 3.05) is 13.2 Å². The fourth-order valence-electron chi connectivity index (χ4n) is 6.16. The van der Waals surface area contributed by atoms with Gasteiger partial charge in [0.25, 0.3) is 0 Å². The summed E-state index contributed by atoms with van der Waals surface area (Å²) in [6.45, 7) is 3.63. The standard InChI is InChI=1S/C36H54O6/c1-2-3-13-28-18-20-30(21-19-28)40-27-12-6-10-17-32(38)34-23-25-36(42-34)35-24-22-33(41-35)31(37)16-9-5-11-26-39-29-14-7-4-8-15-29/h4,7-8,14-15,18-21,31-38H,2-3,5-6,9-13,16-17,22-27H2,1H3/t31-,32-,33-,34-,35-,36-/m1/s1. The molecule has 234 valence electrons. The fourth-order valence-corrected chi connectivity index (χ4v) is 6.16. The lowest BCUT2D eigenvalue weighted by molar-refractivity contribution is -0.110. The third-order valence-electron chi connectivity index (χ3n) is 8.76.